The summed E-state index contributed by atoms with van der Waals surface area (Å²) < 4.78 is 6.75. The summed E-state index contributed by atoms with van der Waals surface area (Å²) in [5, 5.41) is 16.4. The number of anilines is 1. The molecular weight excluding hydrogens is 296 g/mol. The molecule has 0 spiro atoms. The Morgan fingerprint density at radius 1 is 1.39 bits per heavy atom. The number of nitrogens with one attached hydrogen (secondary N) is 1. The number of aromatic hydroxyl groups is 1. The summed E-state index contributed by atoms with van der Waals surface area (Å²) in [6.07, 6.45) is 3.56. The second-order valence-electron chi connectivity index (χ2n) is 5.60. The molecule has 3 rings (SSSR count). The second kappa shape index (κ2) is 6.20. The van der Waals surface area contributed by atoms with Crippen LogP contribution < -0.4 is 10.1 Å². The molecule has 7 nitrogen and oxygen atoms in total. The molecule has 2 N–H and O–H groups in total. The third-order valence-electron chi connectivity index (χ3n) is 4.02. The van der Waals surface area contributed by atoms with Gasteiger partial charge in [-0.25, -0.2) is 4.79 Å². The summed E-state index contributed by atoms with van der Waals surface area (Å²) in [4.78, 5) is 14.4. The van der Waals surface area contributed by atoms with E-state index in [1.165, 1.54) is 7.11 Å². The largest absolute Gasteiger partial charge is 0.508 e. The average Bonchev–Trinajstić information content (AvgIpc) is 3.14. The van der Waals surface area contributed by atoms with E-state index in [0.717, 1.165) is 18.4 Å². The first-order chi connectivity index (χ1) is 11.1. The first-order valence-electron chi connectivity index (χ1n) is 7.52. The monoisotopic (exact) mass is 316 g/mol. The number of nitrogens with zero attached hydrogens (tertiary/aromatic N) is 3. The number of benzene rings is 1. The normalized spacial score (nSPS) is 17.3. The Morgan fingerprint density at radius 2 is 2.13 bits per heavy atom. The van der Waals surface area contributed by atoms with Gasteiger partial charge in [0.1, 0.15) is 11.4 Å². The van der Waals surface area contributed by atoms with Crippen LogP contribution in [0.15, 0.2) is 30.5 Å². The van der Waals surface area contributed by atoms with Crippen LogP contribution in [-0.4, -0.2) is 39.5 Å². The number of hydrogen-bond donors (Lipinski definition) is 2. The Labute approximate surface area is 134 Å². The highest BCUT2D eigenvalue weighted by Gasteiger charge is 2.30. The number of urea groups is 1. The van der Waals surface area contributed by atoms with Gasteiger partial charge in [-0.05, 0) is 30.5 Å². The molecule has 1 unspecified atom stereocenters. The number of aromatic nitrogens is 2. The zero-order valence-corrected chi connectivity index (χ0v) is 13.2. The Bertz CT molecular complexity index is 696. The van der Waals surface area contributed by atoms with Gasteiger partial charge in [0.15, 0.2) is 0 Å². The van der Waals surface area contributed by atoms with E-state index in [4.69, 9.17) is 4.74 Å². The number of aryl methyl sites for hydroxylation is 1. The van der Waals surface area contributed by atoms with Crippen LogP contribution in [0.4, 0.5) is 10.5 Å². The van der Waals surface area contributed by atoms with Gasteiger partial charge in [-0.2, -0.15) is 0 Å². The molecule has 2 heterocycles. The molecule has 1 aromatic heterocycles. The minimum absolute atomic E-state index is 0.0123. The summed E-state index contributed by atoms with van der Waals surface area (Å²) >= 11 is 0. The van der Waals surface area contributed by atoms with Crippen LogP contribution in [0.25, 0.3) is 0 Å². The lowest BCUT2D eigenvalue weighted by molar-refractivity contribution is 0.207. The minimum Gasteiger partial charge on any atom is -0.508 e. The molecule has 1 aliphatic rings. The fourth-order valence-corrected chi connectivity index (χ4v) is 2.94. The smallest absolute Gasteiger partial charge is 0.322 e. The summed E-state index contributed by atoms with van der Waals surface area (Å²) in [6, 6.07) is 6.85. The summed E-state index contributed by atoms with van der Waals surface area (Å²) in [6.45, 7) is 0.694. The number of hydrogen-bond acceptors (Lipinski definition) is 4. The number of likely N-dealkylation sites (tertiary alicyclic amines) is 1. The first-order valence-corrected chi connectivity index (χ1v) is 7.52. The van der Waals surface area contributed by atoms with Crippen molar-refractivity contribution in [2.24, 2.45) is 7.05 Å². The molecule has 1 saturated heterocycles. The van der Waals surface area contributed by atoms with Crippen LogP contribution in [0.2, 0.25) is 0 Å². The van der Waals surface area contributed by atoms with E-state index in [9.17, 15) is 9.90 Å². The molecule has 0 bridgehead atoms. The zero-order valence-electron chi connectivity index (χ0n) is 13.2. The van der Waals surface area contributed by atoms with Crippen molar-refractivity contribution >= 4 is 11.7 Å². The third-order valence-corrected chi connectivity index (χ3v) is 4.02. The number of carbonyl (C=O) groups excluding carboxylic acids is 1. The molecule has 0 saturated carbocycles. The first kappa shape index (κ1) is 15.2. The molecule has 1 fully saturated rings. The summed E-state index contributed by atoms with van der Waals surface area (Å²) in [5.74, 6) is 0.615. The Balaban J connectivity index is 1.76. The standard InChI is InChI=1S/C16H20N4O3/c1-19-10-13(15(18-19)23-2)17-16(22)20-9-3-4-14(20)11-5-7-12(21)8-6-11/h5-8,10,14,21H,3-4,9H2,1-2H3,(H,17,22). The van der Waals surface area contributed by atoms with Crippen LogP contribution in [0, 0.1) is 0 Å². The maximum absolute atomic E-state index is 12.6. The second-order valence-corrected chi connectivity index (χ2v) is 5.60. The van der Waals surface area contributed by atoms with Gasteiger partial charge in [0.25, 0.3) is 5.88 Å². The van der Waals surface area contributed by atoms with Crippen molar-refractivity contribution in [1.82, 2.24) is 14.7 Å². The molecule has 1 atom stereocenters. The lowest BCUT2D eigenvalue weighted by Crippen LogP contribution is -2.34. The highest BCUT2D eigenvalue weighted by Crippen LogP contribution is 2.33. The highest BCUT2D eigenvalue weighted by molar-refractivity contribution is 5.91. The maximum atomic E-state index is 12.6. The topological polar surface area (TPSA) is 79.6 Å². The lowest BCUT2D eigenvalue weighted by atomic mass is 10.0. The fraction of sp³-hybridized carbons (Fsp3) is 0.375. The Hall–Kier alpha value is -2.70. The predicted octanol–water partition coefficient (Wildman–Crippen LogP) is 2.50. The van der Waals surface area contributed by atoms with Crippen molar-refractivity contribution in [2.75, 3.05) is 19.0 Å². The number of amides is 2. The van der Waals surface area contributed by atoms with E-state index >= 15 is 0 Å². The van der Waals surface area contributed by atoms with Crippen LogP contribution >= 0.6 is 0 Å². The Kier molecular flexibility index (Phi) is 4.10. The van der Waals surface area contributed by atoms with Crippen LogP contribution in [0.5, 0.6) is 11.6 Å². The van der Waals surface area contributed by atoms with E-state index in [-0.39, 0.29) is 17.8 Å². The summed E-state index contributed by atoms with van der Waals surface area (Å²) in [5.41, 5.74) is 1.57. The van der Waals surface area contributed by atoms with E-state index in [2.05, 4.69) is 10.4 Å². The van der Waals surface area contributed by atoms with E-state index in [1.807, 2.05) is 12.1 Å². The Morgan fingerprint density at radius 3 is 2.83 bits per heavy atom. The van der Waals surface area contributed by atoms with E-state index in [1.54, 1.807) is 35.0 Å². The molecule has 7 heteroatoms. The molecule has 1 aromatic carbocycles. The van der Waals surface area contributed by atoms with Crippen molar-refractivity contribution < 1.29 is 14.6 Å². The molecule has 2 aromatic rings. The molecular formula is C16H20N4O3. The molecule has 1 aliphatic heterocycles. The van der Waals surface area contributed by atoms with Crippen molar-refractivity contribution in [3.8, 4) is 11.6 Å². The molecule has 0 aliphatic carbocycles. The minimum atomic E-state index is -0.174. The van der Waals surface area contributed by atoms with Gasteiger partial charge < -0.3 is 20.1 Å². The van der Waals surface area contributed by atoms with Crippen molar-refractivity contribution in [2.45, 2.75) is 18.9 Å². The van der Waals surface area contributed by atoms with Crippen LogP contribution in [0.3, 0.4) is 0 Å². The van der Waals surface area contributed by atoms with Gasteiger partial charge in [0.05, 0.1) is 19.3 Å². The number of ether oxygens (including phenoxy) is 1. The van der Waals surface area contributed by atoms with Crippen LogP contribution in [0.1, 0.15) is 24.4 Å². The van der Waals surface area contributed by atoms with E-state index in [0.29, 0.717) is 18.1 Å². The third kappa shape index (κ3) is 3.08. The SMILES string of the molecule is COc1nn(C)cc1NC(=O)N1CCCC1c1ccc(O)cc1. The average molecular weight is 316 g/mol. The van der Waals surface area contributed by atoms with Gasteiger partial charge >= 0.3 is 6.03 Å². The fourth-order valence-electron chi connectivity index (χ4n) is 2.94. The number of phenolic OH excluding ortho intramolecular Hbond substituents is 1. The predicted molar refractivity (Wildman–Crippen MR) is 85.6 cm³/mol. The van der Waals surface area contributed by atoms with Crippen molar-refractivity contribution in [3.05, 3.63) is 36.0 Å². The lowest BCUT2D eigenvalue weighted by Gasteiger charge is -2.25. The number of methoxy groups -OCH3 is 1. The number of carbonyl (C=O) groups is 1. The maximum Gasteiger partial charge on any atom is 0.322 e. The number of rotatable bonds is 3. The van der Waals surface area contributed by atoms with Crippen molar-refractivity contribution in [3.63, 3.8) is 0 Å². The number of phenols is 1. The molecule has 0 radical (unpaired) electrons. The van der Waals surface area contributed by atoms with Gasteiger partial charge in [-0.1, -0.05) is 12.1 Å². The van der Waals surface area contributed by atoms with Gasteiger partial charge in [-0.15, -0.1) is 5.10 Å². The van der Waals surface area contributed by atoms with Crippen LogP contribution in [-0.2, 0) is 7.05 Å². The highest BCUT2D eigenvalue weighted by atomic mass is 16.5. The van der Waals surface area contributed by atoms with Gasteiger partial charge in [0.2, 0.25) is 0 Å². The van der Waals surface area contributed by atoms with Gasteiger partial charge in [-0.3, -0.25) is 4.68 Å². The van der Waals surface area contributed by atoms with Crippen molar-refractivity contribution in [1.29, 1.82) is 0 Å². The molecule has 122 valence electrons. The molecule has 2 amide bonds. The molecule has 23 heavy (non-hydrogen) atoms. The van der Waals surface area contributed by atoms with E-state index < -0.39 is 0 Å². The quantitative estimate of drug-likeness (QED) is 0.912. The van der Waals surface area contributed by atoms with Gasteiger partial charge in [0, 0.05) is 13.6 Å². The zero-order chi connectivity index (χ0) is 16.4. The summed E-state index contributed by atoms with van der Waals surface area (Å²) in [7, 11) is 3.29.